The molecular formula is C23H25ClN5S-. The molecule has 4 heterocycles. The number of anilines is 2. The van der Waals surface area contributed by atoms with E-state index in [0.717, 1.165) is 29.3 Å². The first-order valence-corrected chi connectivity index (χ1v) is 11.0. The third-order valence-corrected chi connectivity index (χ3v) is 6.77. The second-order valence-corrected chi connectivity index (χ2v) is 8.95. The van der Waals surface area contributed by atoms with Crippen LogP contribution in [0.15, 0.2) is 49.1 Å². The average molecular weight is 439 g/mol. The van der Waals surface area contributed by atoms with Gasteiger partial charge in [-0.25, -0.2) is 9.97 Å². The van der Waals surface area contributed by atoms with Crippen molar-refractivity contribution in [2.45, 2.75) is 33.2 Å². The van der Waals surface area contributed by atoms with Gasteiger partial charge in [-0.1, -0.05) is 18.2 Å². The Hall–Kier alpha value is -2.41. The molecule has 30 heavy (non-hydrogen) atoms. The normalized spacial score (nSPS) is 14.2. The molecule has 0 radical (unpaired) electrons. The third-order valence-electron chi connectivity index (χ3n) is 5.67. The largest absolute Gasteiger partial charge is 1.00 e. The van der Waals surface area contributed by atoms with E-state index >= 15 is 0 Å². The molecule has 5 rings (SSSR count). The Labute approximate surface area is 187 Å². The fourth-order valence-electron chi connectivity index (χ4n) is 4.09. The summed E-state index contributed by atoms with van der Waals surface area (Å²) < 4.78 is 2.13. The van der Waals surface area contributed by atoms with Gasteiger partial charge in [-0.05, 0) is 63.0 Å². The summed E-state index contributed by atoms with van der Waals surface area (Å²) in [6, 6.07) is 10.8. The van der Waals surface area contributed by atoms with Gasteiger partial charge in [0.05, 0.1) is 29.3 Å². The average Bonchev–Trinajstić information content (AvgIpc) is 3.47. The quantitative estimate of drug-likeness (QED) is 0.519. The standard InChI is InChI=1S/C23H25N5S.ClH/c1-16-6-5-7-17(2)22(16)26-23-20-12-24-15-28(20)19(13-25-23)21-9-8-18(29-21)14-27-10-3-4-11-27;/h5-9,12-13,15H,3-4,10-11,14H2,1-2H3,(H,25,26);1H/p-1. The van der Waals surface area contributed by atoms with Gasteiger partial charge < -0.3 is 17.7 Å². The zero-order chi connectivity index (χ0) is 19.8. The number of benzene rings is 1. The van der Waals surface area contributed by atoms with Crippen LogP contribution in [0.25, 0.3) is 16.1 Å². The second kappa shape index (κ2) is 8.76. The number of para-hydroxylation sites is 1. The highest BCUT2D eigenvalue weighted by Crippen LogP contribution is 2.32. The van der Waals surface area contributed by atoms with E-state index < -0.39 is 0 Å². The number of imidazole rings is 1. The van der Waals surface area contributed by atoms with E-state index in [1.54, 1.807) is 0 Å². The van der Waals surface area contributed by atoms with Crippen LogP contribution in [0, 0.1) is 13.8 Å². The zero-order valence-corrected chi connectivity index (χ0v) is 18.8. The first-order valence-electron chi connectivity index (χ1n) is 10.1. The van der Waals surface area contributed by atoms with Crippen LogP contribution >= 0.6 is 11.3 Å². The molecule has 0 bridgehead atoms. The van der Waals surface area contributed by atoms with Gasteiger partial charge in [0.25, 0.3) is 0 Å². The Kier molecular flexibility index (Phi) is 6.09. The number of nitrogens with one attached hydrogen (secondary N) is 1. The number of aryl methyl sites for hydroxylation is 2. The van der Waals surface area contributed by atoms with E-state index in [4.69, 9.17) is 4.98 Å². The monoisotopic (exact) mass is 438 g/mol. The second-order valence-electron chi connectivity index (χ2n) is 7.78. The van der Waals surface area contributed by atoms with E-state index in [0.29, 0.717) is 0 Å². The first-order chi connectivity index (χ1) is 14.2. The number of nitrogens with zero attached hydrogens (tertiary/aromatic N) is 4. The van der Waals surface area contributed by atoms with E-state index in [1.165, 1.54) is 46.8 Å². The summed E-state index contributed by atoms with van der Waals surface area (Å²) in [6.07, 6.45) is 8.36. The summed E-state index contributed by atoms with van der Waals surface area (Å²) in [4.78, 5) is 14.4. The van der Waals surface area contributed by atoms with Crippen molar-refractivity contribution in [3.63, 3.8) is 0 Å². The summed E-state index contributed by atoms with van der Waals surface area (Å²) in [6.45, 7) is 7.73. The molecule has 0 atom stereocenters. The summed E-state index contributed by atoms with van der Waals surface area (Å²) in [5.74, 6) is 0.831. The lowest BCUT2D eigenvalue weighted by atomic mass is 10.1. The topological polar surface area (TPSA) is 45.5 Å². The lowest BCUT2D eigenvalue weighted by molar-refractivity contribution is -0.00000593. The minimum absolute atomic E-state index is 0. The molecular weight excluding hydrogens is 414 g/mol. The van der Waals surface area contributed by atoms with Crippen LogP contribution in [0.2, 0.25) is 0 Å². The van der Waals surface area contributed by atoms with E-state index in [9.17, 15) is 0 Å². The Morgan fingerprint density at radius 3 is 2.57 bits per heavy atom. The summed E-state index contributed by atoms with van der Waals surface area (Å²) in [5.41, 5.74) is 5.60. The highest BCUT2D eigenvalue weighted by molar-refractivity contribution is 7.15. The Morgan fingerprint density at radius 2 is 1.80 bits per heavy atom. The lowest BCUT2D eigenvalue weighted by Crippen LogP contribution is -3.00. The summed E-state index contributed by atoms with van der Waals surface area (Å²) in [5, 5.41) is 3.53. The number of thiophene rings is 1. The van der Waals surface area contributed by atoms with Crippen LogP contribution in [0.5, 0.6) is 0 Å². The molecule has 0 aliphatic carbocycles. The smallest absolute Gasteiger partial charge is 0.156 e. The van der Waals surface area contributed by atoms with Crippen molar-refractivity contribution < 1.29 is 12.4 Å². The van der Waals surface area contributed by atoms with Crippen molar-refractivity contribution in [1.29, 1.82) is 0 Å². The maximum atomic E-state index is 4.77. The van der Waals surface area contributed by atoms with Crippen LogP contribution in [-0.2, 0) is 6.54 Å². The fraction of sp³-hybridized carbons (Fsp3) is 0.304. The van der Waals surface area contributed by atoms with Gasteiger partial charge in [0.15, 0.2) is 5.82 Å². The number of aromatic nitrogens is 3. The summed E-state index contributed by atoms with van der Waals surface area (Å²) >= 11 is 1.86. The minimum atomic E-state index is 0. The fourth-order valence-corrected chi connectivity index (χ4v) is 5.14. The molecule has 0 spiro atoms. The molecule has 0 saturated carbocycles. The summed E-state index contributed by atoms with van der Waals surface area (Å²) in [7, 11) is 0. The maximum Gasteiger partial charge on any atom is 0.156 e. The van der Waals surface area contributed by atoms with Gasteiger partial charge in [-0.15, -0.1) is 11.3 Å². The molecule has 1 aromatic carbocycles. The van der Waals surface area contributed by atoms with Crippen LogP contribution in [0.4, 0.5) is 11.5 Å². The molecule has 3 aromatic heterocycles. The molecule has 1 aliphatic rings. The molecule has 1 saturated heterocycles. The molecule has 1 aliphatic heterocycles. The zero-order valence-electron chi connectivity index (χ0n) is 17.2. The lowest BCUT2D eigenvalue weighted by Gasteiger charge is -2.14. The van der Waals surface area contributed by atoms with Crippen LogP contribution in [0.3, 0.4) is 0 Å². The highest BCUT2D eigenvalue weighted by Gasteiger charge is 2.16. The third kappa shape index (κ3) is 3.95. The Morgan fingerprint density at radius 1 is 1.03 bits per heavy atom. The van der Waals surface area contributed by atoms with Gasteiger partial charge in [0.1, 0.15) is 5.52 Å². The van der Waals surface area contributed by atoms with Gasteiger partial charge in [0, 0.05) is 17.1 Å². The molecule has 7 heteroatoms. The van der Waals surface area contributed by atoms with Gasteiger partial charge in [0.2, 0.25) is 0 Å². The molecule has 0 amide bonds. The van der Waals surface area contributed by atoms with E-state index in [-0.39, 0.29) is 12.4 Å². The minimum Gasteiger partial charge on any atom is -1.00 e. The predicted octanol–water partition coefficient (Wildman–Crippen LogP) is 2.42. The molecule has 0 unspecified atom stereocenters. The van der Waals surface area contributed by atoms with Gasteiger partial charge in [-0.2, -0.15) is 0 Å². The number of hydrogen-bond donors (Lipinski definition) is 1. The van der Waals surface area contributed by atoms with Gasteiger partial charge in [-0.3, -0.25) is 9.30 Å². The van der Waals surface area contributed by atoms with Crippen molar-refractivity contribution in [3.8, 4) is 10.6 Å². The Balaban J connectivity index is 0.00000218. The van der Waals surface area contributed by atoms with Crippen molar-refractivity contribution in [2.24, 2.45) is 0 Å². The van der Waals surface area contributed by atoms with E-state index in [2.05, 4.69) is 63.8 Å². The molecule has 156 valence electrons. The number of fused-ring (bicyclic) bond motifs is 1. The molecule has 4 aromatic rings. The van der Waals surface area contributed by atoms with Gasteiger partial charge >= 0.3 is 0 Å². The number of hydrogen-bond acceptors (Lipinski definition) is 5. The molecule has 5 nitrogen and oxygen atoms in total. The Bertz CT molecular complexity index is 1140. The SMILES string of the molecule is Cc1cccc(C)c1Nc1ncc(-c2ccc(CN3CCCC3)s2)n2cncc12.[Cl-]. The van der Waals surface area contributed by atoms with Crippen molar-refractivity contribution in [3.05, 3.63) is 65.1 Å². The number of halogens is 1. The molecule has 1 fully saturated rings. The van der Waals surface area contributed by atoms with Crippen molar-refractivity contribution in [1.82, 2.24) is 19.3 Å². The van der Waals surface area contributed by atoms with Crippen LogP contribution in [-0.4, -0.2) is 32.4 Å². The number of rotatable bonds is 5. The first kappa shape index (κ1) is 20.8. The highest BCUT2D eigenvalue weighted by atomic mass is 35.5. The predicted molar refractivity (Wildman–Crippen MR) is 120 cm³/mol. The maximum absolute atomic E-state index is 4.77. The number of likely N-dealkylation sites (tertiary alicyclic amines) is 1. The van der Waals surface area contributed by atoms with E-state index in [1.807, 2.05) is 30.1 Å². The van der Waals surface area contributed by atoms with Crippen molar-refractivity contribution in [2.75, 3.05) is 18.4 Å². The van der Waals surface area contributed by atoms with Crippen molar-refractivity contribution >= 4 is 28.4 Å². The van der Waals surface area contributed by atoms with Crippen LogP contribution < -0.4 is 17.7 Å². The molecule has 1 N–H and O–H groups in total. The van der Waals surface area contributed by atoms with Crippen LogP contribution in [0.1, 0.15) is 28.8 Å².